The zero-order chi connectivity index (χ0) is 15.6. The van der Waals surface area contributed by atoms with Crippen LogP contribution in [0.3, 0.4) is 0 Å². The lowest BCUT2D eigenvalue weighted by Gasteiger charge is -2.33. The highest BCUT2D eigenvalue weighted by Gasteiger charge is 2.31. The van der Waals surface area contributed by atoms with Crippen molar-refractivity contribution < 1.29 is 28.3 Å². The number of hydrogen-bond acceptors (Lipinski definition) is 5. The number of nitro benzene ring substituents is 1. The number of carboxylic acid groups (broad SMARTS) is 1. The van der Waals surface area contributed by atoms with Gasteiger partial charge >= 0.3 is 5.97 Å². The molecule has 0 aliphatic carbocycles. The van der Waals surface area contributed by atoms with Crippen LogP contribution in [0.1, 0.15) is 6.42 Å². The number of benzene rings is 1. The van der Waals surface area contributed by atoms with Gasteiger partial charge in [0, 0.05) is 19.2 Å². The first kappa shape index (κ1) is 15.1. The van der Waals surface area contributed by atoms with Gasteiger partial charge in [0.15, 0.2) is 17.3 Å². The third kappa shape index (κ3) is 3.24. The fourth-order valence-electron chi connectivity index (χ4n) is 2.22. The van der Waals surface area contributed by atoms with Crippen molar-refractivity contribution in [1.82, 2.24) is 0 Å². The van der Waals surface area contributed by atoms with Crippen molar-refractivity contribution in [2.45, 2.75) is 12.5 Å². The van der Waals surface area contributed by atoms with Crippen molar-refractivity contribution in [3.63, 3.8) is 0 Å². The fourth-order valence-corrected chi connectivity index (χ4v) is 2.22. The number of carboxylic acids is 1. The van der Waals surface area contributed by atoms with E-state index in [4.69, 9.17) is 9.84 Å². The van der Waals surface area contributed by atoms with Crippen LogP contribution >= 0.6 is 0 Å². The topological polar surface area (TPSA) is 92.9 Å². The number of anilines is 1. The molecule has 2 rings (SSSR count). The maximum atomic E-state index is 13.9. The lowest BCUT2D eigenvalue weighted by molar-refractivity contribution is -0.384. The first-order valence-electron chi connectivity index (χ1n) is 6.11. The van der Waals surface area contributed by atoms with Crippen LogP contribution < -0.4 is 4.90 Å². The average Bonchev–Trinajstić information content (AvgIpc) is 2.40. The van der Waals surface area contributed by atoms with Gasteiger partial charge < -0.3 is 14.7 Å². The Morgan fingerprint density at radius 3 is 2.86 bits per heavy atom. The zero-order valence-corrected chi connectivity index (χ0v) is 10.8. The number of nitro groups is 1. The van der Waals surface area contributed by atoms with Gasteiger partial charge in [0.05, 0.1) is 24.1 Å². The van der Waals surface area contributed by atoms with Gasteiger partial charge in [-0.1, -0.05) is 0 Å². The van der Waals surface area contributed by atoms with Crippen LogP contribution in [-0.4, -0.2) is 41.8 Å². The van der Waals surface area contributed by atoms with E-state index in [2.05, 4.69) is 0 Å². The van der Waals surface area contributed by atoms with Gasteiger partial charge in [-0.05, 0) is 6.07 Å². The van der Waals surface area contributed by atoms with Gasteiger partial charge in [-0.2, -0.15) is 0 Å². The molecule has 1 atom stereocenters. The summed E-state index contributed by atoms with van der Waals surface area (Å²) in [6.45, 7) is 0.121. The highest BCUT2D eigenvalue weighted by molar-refractivity contribution is 5.68. The van der Waals surface area contributed by atoms with Crippen LogP contribution in [-0.2, 0) is 9.53 Å². The Labute approximate surface area is 117 Å². The molecule has 9 heteroatoms. The number of morpholine rings is 1. The minimum atomic E-state index is -1.32. The van der Waals surface area contributed by atoms with Crippen LogP contribution in [0.15, 0.2) is 12.1 Å². The molecule has 7 nitrogen and oxygen atoms in total. The van der Waals surface area contributed by atoms with E-state index in [1.54, 1.807) is 0 Å². The number of ether oxygens (including phenoxy) is 1. The smallest absolute Gasteiger partial charge is 0.306 e. The van der Waals surface area contributed by atoms with Crippen molar-refractivity contribution >= 4 is 17.3 Å². The molecule has 0 radical (unpaired) electrons. The SMILES string of the molecule is O=C(O)CC1CN(c2c([N+](=O)[O-])ccc(F)c2F)CCO1. The molecule has 0 aromatic heterocycles. The van der Waals surface area contributed by atoms with Crippen LogP contribution in [0.25, 0.3) is 0 Å². The highest BCUT2D eigenvalue weighted by Crippen LogP contribution is 2.33. The molecular weight excluding hydrogens is 290 g/mol. The summed E-state index contributed by atoms with van der Waals surface area (Å²) in [5.74, 6) is -3.62. The second kappa shape index (κ2) is 6.00. The van der Waals surface area contributed by atoms with Crippen molar-refractivity contribution in [2.75, 3.05) is 24.6 Å². The highest BCUT2D eigenvalue weighted by atomic mass is 19.2. The molecule has 0 amide bonds. The van der Waals surface area contributed by atoms with Crippen LogP contribution in [0.2, 0.25) is 0 Å². The van der Waals surface area contributed by atoms with Crippen molar-refractivity contribution in [2.24, 2.45) is 0 Å². The van der Waals surface area contributed by atoms with Gasteiger partial charge in [0.25, 0.3) is 5.69 Å². The van der Waals surface area contributed by atoms with Crippen molar-refractivity contribution in [3.05, 3.63) is 33.9 Å². The fraction of sp³-hybridized carbons (Fsp3) is 0.417. The van der Waals surface area contributed by atoms with E-state index in [1.165, 1.54) is 4.90 Å². The van der Waals surface area contributed by atoms with Gasteiger partial charge in [-0.25, -0.2) is 8.78 Å². The second-order valence-corrected chi connectivity index (χ2v) is 4.52. The Hall–Kier alpha value is -2.29. The van der Waals surface area contributed by atoms with E-state index in [-0.39, 0.29) is 26.1 Å². The lowest BCUT2D eigenvalue weighted by atomic mass is 10.1. The van der Waals surface area contributed by atoms with E-state index in [0.29, 0.717) is 6.07 Å². The van der Waals surface area contributed by atoms with E-state index >= 15 is 0 Å². The van der Waals surface area contributed by atoms with Crippen molar-refractivity contribution in [1.29, 1.82) is 0 Å². The minimum absolute atomic E-state index is 0.0620. The first-order chi connectivity index (χ1) is 9.90. The molecule has 21 heavy (non-hydrogen) atoms. The number of halogens is 2. The number of aliphatic carboxylic acids is 1. The minimum Gasteiger partial charge on any atom is -0.481 e. The largest absolute Gasteiger partial charge is 0.481 e. The standard InChI is InChI=1S/C12H12F2N2O5/c13-8-1-2-9(16(19)20)12(11(8)14)15-3-4-21-7(6-15)5-10(17)18/h1-2,7H,3-6H2,(H,17,18). The lowest BCUT2D eigenvalue weighted by Crippen LogP contribution is -2.44. The Bertz CT molecular complexity index is 581. The number of nitrogens with zero attached hydrogens (tertiary/aromatic N) is 2. The second-order valence-electron chi connectivity index (χ2n) is 4.52. The summed E-state index contributed by atoms with van der Waals surface area (Å²) >= 11 is 0. The third-order valence-corrected chi connectivity index (χ3v) is 3.10. The van der Waals surface area contributed by atoms with E-state index in [9.17, 15) is 23.7 Å². The Morgan fingerprint density at radius 1 is 1.52 bits per heavy atom. The summed E-state index contributed by atoms with van der Waals surface area (Å²) < 4.78 is 32.5. The molecule has 1 N–H and O–H groups in total. The van der Waals surface area contributed by atoms with E-state index in [0.717, 1.165) is 6.07 Å². The van der Waals surface area contributed by atoms with Gasteiger partial charge in [-0.15, -0.1) is 0 Å². The quantitative estimate of drug-likeness (QED) is 0.670. The summed E-state index contributed by atoms with van der Waals surface area (Å²) in [5.41, 5.74) is -1.04. The Morgan fingerprint density at radius 2 is 2.24 bits per heavy atom. The molecule has 1 fully saturated rings. The summed E-state index contributed by atoms with van der Waals surface area (Å²) in [5, 5.41) is 19.7. The molecule has 0 bridgehead atoms. The Balaban J connectivity index is 2.34. The van der Waals surface area contributed by atoms with Gasteiger partial charge in [0.2, 0.25) is 0 Å². The number of rotatable bonds is 4. The molecule has 1 aliphatic heterocycles. The maximum absolute atomic E-state index is 13.9. The predicted octanol–water partition coefficient (Wildman–Crippen LogP) is 1.55. The monoisotopic (exact) mass is 302 g/mol. The molecule has 1 aliphatic rings. The molecule has 1 aromatic rings. The van der Waals surface area contributed by atoms with Gasteiger partial charge in [0.1, 0.15) is 0 Å². The molecule has 114 valence electrons. The number of carbonyl (C=O) groups is 1. The first-order valence-corrected chi connectivity index (χ1v) is 6.11. The predicted molar refractivity (Wildman–Crippen MR) is 67.2 cm³/mol. The summed E-state index contributed by atoms with van der Waals surface area (Å²) in [4.78, 5) is 22.1. The summed E-state index contributed by atoms with van der Waals surface area (Å²) in [6, 6.07) is 1.57. The molecule has 1 unspecified atom stereocenters. The van der Waals surface area contributed by atoms with Crippen LogP contribution in [0.5, 0.6) is 0 Å². The van der Waals surface area contributed by atoms with E-state index in [1.807, 2.05) is 0 Å². The zero-order valence-electron chi connectivity index (χ0n) is 10.8. The molecule has 1 heterocycles. The molecule has 1 saturated heterocycles. The maximum Gasteiger partial charge on any atom is 0.306 e. The van der Waals surface area contributed by atoms with Crippen molar-refractivity contribution in [3.8, 4) is 0 Å². The molecule has 0 spiro atoms. The Kier molecular flexibility index (Phi) is 4.32. The third-order valence-electron chi connectivity index (χ3n) is 3.10. The molecule has 0 saturated carbocycles. The normalized spacial score (nSPS) is 18.6. The summed E-state index contributed by atoms with van der Waals surface area (Å²) in [6.07, 6.45) is -1.06. The molecule has 1 aromatic carbocycles. The average molecular weight is 302 g/mol. The van der Waals surface area contributed by atoms with E-state index < -0.39 is 40.0 Å². The molecular formula is C12H12F2N2O5. The van der Waals surface area contributed by atoms with Crippen LogP contribution in [0.4, 0.5) is 20.2 Å². The number of hydrogen-bond donors (Lipinski definition) is 1. The van der Waals surface area contributed by atoms with Gasteiger partial charge in [-0.3, -0.25) is 14.9 Å². The summed E-state index contributed by atoms with van der Waals surface area (Å²) in [7, 11) is 0. The van der Waals surface area contributed by atoms with Crippen LogP contribution in [0, 0.1) is 21.7 Å².